The van der Waals surface area contributed by atoms with E-state index in [0.29, 0.717) is 30.0 Å². The standard InChI is InChI=1S/C23H36O3/c1-15(24)19-7-8-20-18-6-5-16-13-17(26-14-25-4)9-11-22(16,2)21(18)10-12-23(19,20)3/h5,17-21H,6-14H2,1-4H3/t17-,18-,19+,20-,21-,22-,23+/m0/s1. The molecule has 3 saturated carbocycles. The molecule has 0 bridgehead atoms. The number of hydrogen-bond donors (Lipinski definition) is 0. The smallest absolute Gasteiger partial charge is 0.146 e. The number of methoxy groups -OCH3 is 1. The van der Waals surface area contributed by atoms with Crippen molar-refractivity contribution in [2.75, 3.05) is 13.9 Å². The Balaban J connectivity index is 1.56. The van der Waals surface area contributed by atoms with Gasteiger partial charge in [-0.3, -0.25) is 4.79 Å². The summed E-state index contributed by atoms with van der Waals surface area (Å²) in [4.78, 5) is 12.2. The highest BCUT2D eigenvalue weighted by Gasteiger charge is 2.59. The Labute approximate surface area is 158 Å². The number of carbonyl (C=O) groups excluding carboxylic acids is 1. The van der Waals surface area contributed by atoms with E-state index in [1.165, 1.54) is 32.1 Å². The van der Waals surface area contributed by atoms with Crippen LogP contribution in [0.1, 0.15) is 72.1 Å². The van der Waals surface area contributed by atoms with E-state index in [-0.39, 0.29) is 5.41 Å². The third-order valence-electron chi connectivity index (χ3n) is 8.97. The lowest BCUT2D eigenvalue weighted by Crippen LogP contribution is -2.51. The van der Waals surface area contributed by atoms with E-state index < -0.39 is 0 Å². The topological polar surface area (TPSA) is 35.5 Å². The third kappa shape index (κ3) is 2.73. The molecule has 0 N–H and O–H groups in total. The molecule has 0 spiro atoms. The Morgan fingerprint density at radius 2 is 1.96 bits per heavy atom. The van der Waals surface area contributed by atoms with Crippen LogP contribution in [0.15, 0.2) is 11.6 Å². The minimum absolute atomic E-state index is 0.257. The molecule has 0 amide bonds. The van der Waals surface area contributed by atoms with Gasteiger partial charge >= 0.3 is 0 Å². The highest BCUT2D eigenvalue weighted by molar-refractivity contribution is 5.79. The molecular weight excluding hydrogens is 324 g/mol. The summed E-state index contributed by atoms with van der Waals surface area (Å²) in [6.45, 7) is 7.20. The number of ether oxygens (including phenoxy) is 2. The van der Waals surface area contributed by atoms with Crippen LogP contribution in [-0.2, 0) is 14.3 Å². The number of rotatable bonds is 4. The molecule has 4 aliphatic carbocycles. The number of allylic oxidation sites excluding steroid dienone is 1. The van der Waals surface area contributed by atoms with Crippen molar-refractivity contribution in [2.45, 2.75) is 78.2 Å². The summed E-state index contributed by atoms with van der Waals surface area (Å²) >= 11 is 0. The zero-order valence-electron chi connectivity index (χ0n) is 17.1. The molecule has 0 aliphatic heterocycles. The molecule has 26 heavy (non-hydrogen) atoms. The largest absolute Gasteiger partial charge is 0.359 e. The number of Topliss-reactive ketones (excluding diaryl/α,β-unsaturated/α-hetero) is 1. The van der Waals surface area contributed by atoms with E-state index in [2.05, 4.69) is 19.9 Å². The Hall–Kier alpha value is -0.670. The zero-order chi connectivity index (χ0) is 18.5. The van der Waals surface area contributed by atoms with Crippen molar-refractivity contribution in [1.29, 1.82) is 0 Å². The lowest BCUT2D eigenvalue weighted by atomic mass is 9.47. The molecule has 0 saturated heterocycles. The molecule has 0 heterocycles. The highest BCUT2D eigenvalue weighted by atomic mass is 16.7. The van der Waals surface area contributed by atoms with Gasteiger partial charge in [0, 0.05) is 13.0 Å². The summed E-state index contributed by atoms with van der Waals surface area (Å²) in [5.74, 6) is 3.07. The van der Waals surface area contributed by atoms with Gasteiger partial charge in [0.25, 0.3) is 0 Å². The average molecular weight is 361 g/mol. The first-order valence-electron chi connectivity index (χ1n) is 10.7. The van der Waals surface area contributed by atoms with Gasteiger partial charge in [-0.05, 0) is 86.9 Å². The molecule has 0 unspecified atom stereocenters. The van der Waals surface area contributed by atoms with Crippen molar-refractivity contribution in [1.82, 2.24) is 0 Å². The quantitative estimate of drug-likeness (QED) is 0.514. The molecule has 0 radical (unpaired) electrons. The predicted octanol–water partition coefficient (Wildman–Crippen LogP) is 5.14. The van der Waals surface area contributed by atoms with Crippen LogP contribution >= 0.6 is 0 Å². The fourth-order valence-electron chi connectivity index (χ4n) is 7.60. The molecule has 146 valence electrons. The van der Waals surface area contributed by atoms with E-state index in [1.807, 2.05) is 6.92 Å². The Morgan fingerprint density at radius 1 is 1.15 bits per heavy atom. The average Bonchev–Trinajstić information content (AvgIpc) is 2.97. The summed E-state index contributed by atoms with van der Waals surface area (Å²) in [7, 11) is 1.70. The molecule has 0 aromatic carbocycles. The molecule has 3 heteroatoms. The van der Waals surface area contributed by atoms with Crippen molar-refractivity contribution >= 4 is 5.78 Å². The Bertz CT molecular complexity index is 596. The normalized spacial score (nSPS) is 47.5. The first-order valence-corrected chi connectivity index (χ1v) is 10.7. The van der Waals surface area contributed by atoms with Gasteiger partial charge in [0.05, 0.1) is 6.10 Å². The number of fused-ring (bicyclic) bond motifs is 5. The molecule has 4 aliphatic rings. The van der Waals surface area contributed by atoms with E-state index in [1.54, 1.807) is 12.7 Å². The number of carbonyl (C=O) groups is 1. The first-order chi connectivity index (χ1) is 12.4. The first kappa shape index (κ1) is 18.7. The molecule has 7 atom stereocenters. The maximum Gasteiger partial charge on any atom is 0.146 e. The summed E-state index contributed by atoms with van der Waals surface area (Å²) in [6, 6.07) is 0. The third-order valence-corrected chi connectivity index (χ3v) is 8.97. The van der Waals surface area contributed by atoms with Crippen LogP contribution in [0.2, 0.25) is 0 Å². The monoisotopic (exact) mass is 360 g/mol. The van der Waals surface area contributed by atoms with Crippen LogP contribution < -0.4 is 0 Å². The lowest BCUT2D eigenvalue weighted by Gasteiger charge is -2.58. The van der Waals surface area contributed by atoms with Gasteiger partial charge in [0.1, 0.15) is 12.6 Å². The second-order valence-electron chi connectivity index (χ2n) is 9.98. The summed E-state index contributed by atoms with van der Waals surface area (Å²) in [6.07, 6.45) is 12.5. The highest BCUT2D eigenvalue weighted by Crippen LogP contribution is 2.66. The molecular formula is C23H36O3. The summed E-state index contributed by atoms with van der Waals surface area (Å²) in [5, 5.41) is 0. The summed E-state index contributed by atoms with van der Waals surface area (Å²) in [5.41, 5.74) is 2.26. The molecule has 0 aromatic heterocycles. The molecule has 0 aromatic rings. The molecule has 3 nitrogen and oxygen atoms in total. The van der Waals surface area contributed by atoms with Gasteiger partial charge in [-0.1, -0.05) is 25.5 Å². The van der Waals surface area contributed by atoms with Crippen molar-refractivity contribution in [3.8, 4) is 0 Å². The minimum Gasteiger partial charge on any atom is -0.359 e. The van der Waals surface area contributed by atoms with Gasteiger partial charge in [0.15, 0.2) is 0 Å². The summed E-state index contributed by atoms with van der Waals surface area (Å²) < 4.78 is 11.0. The van der Waals surface area contributed by atoms with E-state index in [9.17, 15) is 4.79 Å². The number of hydrogen-bond acceptors (Lipinski definition) is 3. The second kappa shape index (κ2) is 6.74. The predicted molar refractivity (Wildman–Crippen MR) is 103 cm³/mol. The Kier molecular flexibility index (Phi) is 4.84. The molecule has 4 rings (SSSR count). The van der Waals surface area contributed by atoms with Crippen LogP contribution in [0.4, 0.5) is 0 Å². The maximum absolute atomic E-state index is 12.2. The fraction of sp³-hybridized carbons (Fsp3) is 0.870. The second-order valence-corrected chi connectivity index (χ2v) is 9.98. The Morgan fingerprint density at radius 3 is 2.69 bits per heavy atom. The van der Waals surface area contributed by atoms with Crippen molar-refractivity contribution in [3.05, 3.63) is 11.6 Å². The fourth-order valence-corrected chi connectivity index (χ4v) is 7.60. The van der Waals surface area contributed by atoms with Crippen LogP contribution in [0.25, 0.3) is 0 Å². The van der Waals surface area contributed by atoms with E-state index in [0.717, 1.165) is 37.0 Å². The van der Waals surface area contributed by atoms with Gasteiger partial charge in [0.2, 0.25) is 0 Å². The van der Waals surface area contributed by atoms with Crippen LogP contribution in [0.5, 0.6) is 0 Å². The van der Waals surface area contributed by atoms with Crippen LogP contribution in [-0.4, -0.2) is 25.8 Å². The SMILES string of the molecule is COCO[C@H]1CC[C@@]2(C)C(=CC[C@H]3[C@@H]4CC[C@H](C(C)=O)[C@@]4(C)CC[C@@H]32)C1. The minimum atomic E-state index is 0.257. The van der Waals surface area contributed by atoms with Crippen molar-refractivity contribution < 1.29 is 14.3 Å². The van der Waals surface area contributed by atoms with E-state index in [4.69, 9.17) is 9.47 Å². The van der Waals surface area contributed by atoms with Crippen LogP contribution in [0.3, 0.4) is 0 Å². The van der Waals surface area contributed by atoms with E-state index >= 15 is 0 Å². The maximum atomic E-state index is 12.2. The van der Waals surface area contributed by atoms with Gasteiger partial charge in [-0.15, -0.1) is 0 Å². The van der Waals surface area contributed by atoms with Crippen molar-refractivity contribution in [2.24, 2.45) is 34.5 Å². The van der Waals surface area contributed by atoms with Crippen LogP contribution in [0, 0.1) is 34.5 Å². The van der Waals surface area contributed by atoms with Gasteiger partial charge in [-0.2, -0.15) is 0 Å². The van der Waals surface area contributed by atoms with Gasteiger partial charge in [-0.25, -0.2) is 0 Å². The molecule has 3 fully saturated rings. The number of ketones is 1. The lowest BCUT2D eigenvalue weighted by molar-refractivity contribution is -0.128. The van der Waals surface area contributed by atoms with Crippen molar-refractivity contribution in [3.63, 3.8) is 0 Å². The van der Waals surface area contributed by atoms with Gasteiger partial charge < -0.3 is 9.47 Å². The zero-order valence-corrected chi connectivity index (χ0v) is 17.1.